The quantitative estimate of drug-likeness (QED) is 0.838. The lowest BCUT2D eigenvalue weighted by molar-refractivity contribution is 0.268. The first-order valence-corrected chi connectivity index (χ1v) is 10.1. The van der Waals surface area contributed by atoms with E-state index in [9.17, 15) is 0 Å². The summed E-state index contributed by atoms with van der Waals surface area (Å²) in [6.07, 6.45) is 4.86. The number of aromatic nitrogens is 2. The first-order valence-electron chi connectivity index (χ1n) is 10.1. The third-order valence-electron chi connectivity index (χ3n) is 6.06. The molecule has 0 amide bonds. The van der Waals surface area contributed by atoms with Crippen molar-refractivity contribution in [3.05, 3.63) is 36.0 Å². The minimum absolute atomic E-state index is 0. The van der Waals surface area contributed by atoms with E-state index in [0.717, 1.165) is 23.6 Å². The zero-order chi connectivity index (χ0) is 19.1. The van der Waals surface area contributed by atoms with Gasteiger partial charge in [0.05, 0.1) is 18.3 Å². The van der Waals surface area contributed by atoms with Crippen LogP contribution in [0.15, 0.2) is 30.5 Å². The number of likely N-dealkylation sites (tertiary alicyclic amines) is 1. The fourth-order valence-electron chi connectivity index (χ4n) is 4.43. The van der Waals surface area contributed by atoms with Crippen molar-refractivity contribution >= 4 is 12.4 Å². The average molecular weight is 405 g/mol. The van der Waals surface area contributed by atoms with Crippen LogP contribution in [0.25, 0.3) is 11.3 Å². The molecule has 28 heavy (non-hydrogen) atoms. The van der Waals surface area contributed by atoms with E-state index < -0.39 is 0 Å². The van der Waals surface area contributed by atoms with Gasteiger partial charge in [0.1, 0.15) is 5.75 Å². The van der Waals surface area contributed by atoms with Crippen molar-refractivity contribution in [1.82, 2.24) is 20.0 Å². The smallest absolute Gasteiger partial charge is 0.119 e. The number of hydrogen-bond donors (Lipinski definition) is 1. The molecule has 2 aliphatic rings. The van der Waals surface area contributed by atoms with E-state index in [4.69, 9.17) is 9.84 Å². The highest BCUT2D eigenvalue weighted by molar-refractivity contribution is 5.85. The predicted octanol–water partition coefficient (Wildman–Crippen LogP) is 3.92. The lowest BCUT2D eigenvalue weighted by Crippen LogP contribution is -2.29. The van der Waals surface area contributed by atoms with Crippen LogP contribution in [0.3, 0.4) is 0 Å². The van der Waals surface area contributed by atoms with Crippen molar-refractivity contribution in [2.75, 3.05) is 33.3 Å². The normalized spacial score (nSPS) is 22.6. The molecule has 1 aromatic heterocycles. The number of benzene rings is 1. The summed E-state index contributed by atoms with van der Waals surface area (Å²) in [5.74, 6) is 0.876. The SMILES string of the molecule is COc1cccc(-c2nn(C(C)(C)C)cc2CN2CCC3(CCNC3)C2)c1.Cl. The molecule has 0 saturated carbocycles. The molecule has 1 N–H and O–H groups in total. The van der Waals surface area contributed by atoms with E-state index in [2.05, 4.69) is 54.0 Å². The molecule has 2 aromatic rings. The lowest BCUT2D eigenvalue weighted by atomic mass is 9.86. The van der Waals surface area contributed by atoms with Gasteiger partial charge >= 0.3 is 0 Å². The maximum absolute atomic E-state index is 5.44. The first-order chi connectivity index (χ1) is 12.9. The Kier molecular flexibility index (Phi) is 6.08. The van der Waals surface area contributed by atoms with Crippen LogP contribution in [0, 0.1) is 5.41 Å². The van der Waals surface area contributed by atoms with E-state index >= 15 is 0 Å². The summed E-state index contributed by atoms with van der Waals surface area (Å²) in [6, 6.07) is 8.25. The molecule has 5 nitrogen and oxygen atoms in total. The zero-order valence-electron chi connectivity index (χ0n) is 17.5. The van der Waals surface area contributed by atoms with Crippen LogP contribution in [0.1, 0.15) is 39.2 Å². The van der Waals surface area contributed by atoms with Gasteiger partial charge in [-0.05, 0) is 64.3 Å². The van der Waals surface area contributed by atoms with Gasteiger partial charge in [-0.25, -0.2) is 0 Å². The fraction of sp³-hybridized carbons (Fsp3) is 0.591. The Balaban J connectivity index is 0.00000225. The number of nitrogens with zero attached hydrogens (tertiary/aromatic N) is 3. The minimum Gasteiger partial charge on any atom is -0.497 e. The molecule has 0 radical (unpaired) electrons. The van der Waals surface area contributed by atoms with E-state index in [-0.39, 0.29) is 17.9 Å². The van der Waals surface area contributed by atoms with Crippen LogP contribution in [-0.2, 0) is 12.1 Å². The molecule has 1 unspecified atom stereocenters. The molecule has 1 atom stereocenters. The van der Waals surface area contributed by atoms with Crippen molar-refractivity contribution in [1.29, 1.82) is 0 Å². The Labute approximate surface area is 174 Å². The predicted molar refractivity (Wildman–Crippen MR) is 116 cm³/mol. The van der Waals surface area contributed by atoms with Gasteiger partial charge in [-0.1, -0.05) is 12.1 Å². The molecule has 6 heteroatoms. The summed E-state index contributed by atoms with van der Waals surface area (Å²) in [7, 11) is 1.72. The summed E-state index contributed by atoms with van der Waals surface area (Å²) in [6.45, 7) is 12.3. The van der Waals surface area contributed by atoms with Gasteiger partial charge < -0.3 is 10.1 Å². The maximum atomic E-state index is 5.44. The monoisotopic (exact) mass is 404 g/mol. The Bertz CT molecular complexity index is 805. The van der Waals surface area contributed by atoms with E-state index in [0.29, 0.717) is 5.41 Å². The number of hydrogen-bond acceptors (Lipinski definition) is 4. The van der Waals surface area contributed by atoms with Crippen LogP contribution in [-0.4, -0.2) is 48.0 Å². The number of nitrogens with one attached hydrogen (secondary N) is 1. The second-order valence-electron chi connectivity index (χ2n) is 9.24. The summed E-state index contributed by atoms with van der Waals surface area (Å²) in [4.78, 5) is 2.61. The number of ether oxygens (including phenoxy) is 1. The highest BCUT2D eigenvalue weighted by Gasteiger charge is 2.40. The molecule has 2 saturated heterocycles. The standard InChI is InChI=1S/C22H32N4O.ClH/c1-21(2,3)26-14-18(13-25-11-9-22(16-25)8-10-23-15-22)20(24-26)17-6-5-7-19(12-17)27-4;/h5-7,12,14,23H,8-11,13,15-16H2,1-4H3;1H. The van der Waals surface area contributed by atoms with E-state index in [1.54, 1.807) is 7.11 Å². The van der Waals surface area contributed by atoms with Crippen molar-refractivity contribution in [2.24, 2.45) is 5.41 Å². The molecule has 1 aromatic carbocycles. The van der Waals surface area contributed by atoms with Crippen LogP contribution in [0.2, 0.25) is 0 Å². The van der Waals surface area contributed by atoms with Gasteiger partial charge in [0, 0.05) is 37.0 Å². The maximum Gasteiger partial charge on any atom is 0.119 e. The number of methoxy groups -OCH3 is 1. The molecule has 3 heterocycles. The number of rotatable bonds is 4. The van der Waals surface area contributed by atoms with Crippen LogP contribution in [0.5, 0.6) is 5.75 Å². The third-order valence-corrected chi connectivity index (χ3v) is 6.06. The fourth-order valence-corrected chi connectivity index (χ4v) is 4.43. The third kappa shape index (κ3) is 4.22. The van der Waals surface area contributed by atoms with Gasteiger partial charge in [0.2, 0.25) is 0 Å². The zero-order valence-corrected chi connectivity index (χ0v) is 18.3. The molecule has 2 fully saturated rings. The summed E-state index contributed by atoms with van der Waals surface area (Å²) < 4.78 is 7.55. The van der Waals surface area contributed by atoms with Gasteiger partial charge in [-0.15, -0.1) is 12.4 Å². The Morgan fingerprint density at radius 3 is 2.75 bits per heavy atom. The highest BCUT2D eigenvalue weighted by atomic mass is 35.5. The molecule has 0 aliphatic carbocycles. The van der Waals surface area contributed by atoms with Gasteiger partial charge in [-0.3, -0.25) is 9.58 Å². The second kappa shape index (κ2) is 8.05. The molecule has 1 spiro atoms. The average Bonchev–Trinajstić information content (AvgIpc) is 3.36. The Morgan fingerprint density at radius 2 is 2.07 bits per heavy atom. The summed E-state index contributed by atoms with van der Waals surface area (Å²) >= 11 is 0. The molecule has 4 rings (SSSR count). The van der Waals surface area contributed by atoms with Crippen molar-refractivity contribution < 1.29 is 4.74 Å². The first kappa shape index (κ1) is 21.2. The Morgan fingerprint density at radius 1 is 1.25 bits per heavy atom. The van der Waals surface area contributed by atoms with E-state index in [1.165, 1.54) is 44.6 Å². The molecule has 2 aliphatic heterocycles. The highest BCUT2D eigenvalue weighted by Crippen LogP contribution is 2.37. The van der Waals surface area contributed by atoms with Crippen molar-refractivity contribution in [3.63, 3.8) is 0 Å². The van der Waals surface area contributed by atoms with Crippen LogP contribution >= 0.6 is 12.4 Å². The molecule has 154 valence electrons. The summed E-state index contributed by atoms with van der Waals surface area (Å²) in [5.41, 5.74) is 3.98. The van der Waals surface area contributed by atoms with Gasteiger partial charge in [-0.2, -0.15) is 5.10 Å². The lowest BCUT2D eigenvalue weighted by Gasteiger charge is -2.22. The number of halogens is 1. The topological polar surface area (TPSA) is 42.3 Å². The second-order valence-corrected chi connectivity index (χ2v) is 9.24. The van der Waals surface area contributed by atoms with Crippen molar-refractivity contribution in [2.45, 2.75) is 45.7 Å². The minimum atomic E-state index is -0.0343. The van der Waals surface area contributed by atoms with Gasteiger partial charge in [0.25, 0.3) is 0 Å². The molecule has 0 bridgehead atoms. The molecular formula is C22H33ClN4O. The van der Waals surface area contributed by atoms with E-state index in [1.807, 2.05) is 12.1 Å². The molecular weight excluding hydrogens is 372 g/mol. The summed E-state index contributed by atoms with van der Waals surface area (Å²) in [5, 5.41) is 8.54. The van der Waals surface area contributed by atoms with Crippen LogP contribution in [0.4, 0.5) is 0 Å². The van der Waals surface area contributed by atoms with Gasteiger partial charge in [0.15, 0.2) is 0 Å². The Hall–Kier alpha value is -1.56. The largest absolute Gasteiger partial charge is 0.497 e. The van der Waals surface area contributed by atoms with Crippen molar-refractivity contribution in [3.8, 4) is 17.0 Å². The van der Waals surface area contributed by atoms with Crippen LogP contribution < -0.4 is 10.1 Å².